The SMILES string of the molecule is C=C(OO)N1C(=O)C(=CC=C2OC3CCC(C)CC3N2CCCS(=O)(=O)[O-])C(=O)N(CCCC)C1=O.[Na+]. The maximum atomic E-state index is 13.0. The summed E-state index contributed by atoms with van der Waals surface area (Å²) in [6, 6.07) is -1.01. The zero-order valence-electron chi connectivity index (χ0n) is 21.4. The number of imide groups is 2. The monoisotopic (exact) mass is 549 g/mol. The number of ether oxygens (including phenoxy) is 1. The van der Waals surface area contributed by atoms with E-state index in [9.17, 15) is 27.4 Å². The van der Waals surface area contributed by atoms with Crippen molar-refractivity contribution < 1.29 is 71.8 Å². The van der Waals surface area contributed by atoms with Crippen molar-refractivity contribution in [3.05, 3.63) is 36.1 Å². The Morgan fingerprint density at radius 3 is 2.51 bits per heavy atom. The normalized spacial score (nSPS) is 26.3. The van der Waals surface area contributed by atoms with Crippen molar-refractivity contribution >= 4 is 28.0 Å². The average molecular weight is 550 g/mol. The number of hydrogen-bond donors (Lipinski definition) is 1. The van der Waals surface area contributed by atoms with Crippen molar-refractivity contribution in [1.29, 1.82) is 0 Å². The second-order valence-corrected chi connectivity index (χ2v) is 10.8. The van der Waals surface area contributed by atoms with Gasteiger partial charge in [0.15, 0.2) is 5.88 Å². The first-order valence-electron chi connectivity index (χ1n) is 12.0. The molecule has 4 amide bonds. The van der Waals surface area contributed by atoms with E-state index in [1.54, 1.807) is 0 Å². The summed E-state index contributed by atoms with van der Waals surface area (Å²) in [5, 5.41) is 8.98. The van der Waals surface area contributed by atoms with Crippen molar-refractivity contribution in [2.45, 2.75) is 64.5 Å². The first kappa shape index (κ1) is 31.3. The minimum atomic E-state index is -4.38. The van der Waals surface area contributed by atoms with Gasteiger partial charge in [0, 0.05) is 18.8 Å². The molecule has 200 valence electrons. The van der Waals surface area contributed by atoms with E-state index >= 15 is 0 Å². The fraction of sp³-hybridized carbons (Fsp3) is 0.609. The Hall–Kier alpha value is -1.90. The summed E-state index contributed by atoms with van der Waals surface area (Å²) >= 11 is 0. The number of urea groups is 1. The van der Waals surface area contributed by atoms with Crippen LogP contribution < -0.4 is 29.6 Å². The van der Waals surface area contributed by atoms with Gasteiger partial charge in [0.2, 0.25) is 5.88 Å². The van der Waals surface area contributed by atoms with E-state index in [1.807, 2.05) is 11.8 Å². The summed E-state index contributed by atoms with van der Waals surface area (Å²) in [5.41, 5.74) is -0.356. The molecule has 0 aromatic heterocycles. The molecular formula is C23H32N3NaO9S. The maximum Gasteiger partial charge on any atom is 1.00 e. The summed E-state index contributed by atoms with van der Waals surface area (Å²) in [6.45, 7) is 7.65. The summed E-state index contributed by atoms with van der Waals surface area (Å²) in [5.74, 6) is -2.21. The smallest absolute Gasteiger partial charge is 0.748 e. The molecule has 3 rings (SSSR count). The second-order valence-electron chi connectivity index (χ2n) is 9.25. The minimum Gasteiger partial charge on any atom is -0.748 e. The molecule has 3 aliphatic rings. The summed E-state index contributed by atoms with van der Waals surface area (Å²) < 4.78 is 39.4. The van der Waals surface area contributed by atoms with Gasteiger partial charge in [-0.25, -0.2) is 18.5 Å². The first-order chi connectivity index (χ1) is 17.0. The number of allylic oxidation sites excluding steroid dienone is 2. The number of amides is 4. The number of carbonyl (C=O) groups excluding carboxylic acids is 3. The average Bonchev–Trinajstić information content (AvgIpc) is 3.14. The molecule has 2 saturated heterocycles. The molecule has 3 unspecified atom stereocenters. The third kappa shape index (κ3) is 7.36. The van der Waals surface area contributed by atoms with Gasteiger partial charge in [-0.1, -0.05) is 20.3 Å². The molecule has 37 heavy (non-hydrogen) atoms. The van der Waals surface area contributed by atoms with Crippen molar-refractivity contribution in [3.63, 3.8) is 0 Å². The van der Waals surface area contributed by atoms with E-state index in [0.29, 0.717) is 29.5 Å². The molecule has 12 nitrogen and oxygen atoms in total. The van der Waals surface area contributed by atoms with Gasteiger partial charge in [-0.05, 0) is 56.8 Å². The third-order valence-electron chi connectivity index (χ3n) is 6.58. The van der Waals surface area contributed by atoms with Gasteiger partial charge in [0.1, 0.15) is 11.7 Å². The van der Waals surface area contributed by atoms with E-state index in [4.69, 9.17) is 9.99 Å². The van der Waals surface area contributed by atoms with Gasteiger partial charge < -0.3 is 19.1 Å². The molecule has 3 fully saturated rings. The molecule has 1 N–H and O–H groups in total. The quantitative estimate of drug-likeness (QED) is 0.0691. The van der Waals surface area contributed by atoms with Gasteiger partial charge in [-0.2, -0.15) is 4.90 Å². The fourth-order valence-electron chi connectivity index (χ4n) is 4.72. The summed E-state index contributed by atoms with van der Waals surface area (Å²) in [7, 11) is -4.38. The Balaban J connectivity index is 0.00000481. The van der Waals surface area contributed by atoms with Crippen LogP contribution in [0.5, 0.6) is 0 Å². The van der Waals surface area contributed by atoms with E-state index in [-0.39, 0.29) is 66.8 Å². The molecule has 14 heteroatoms. The number of barbiturate groups is 1. The molecule has 1 saturated carbocycles. The van der Waals surface area contributed by atoms with E-state index < -0.39 is 39.6 Å². The first-order valence-corrected chi connectivity index (χ1v) is 13.6. The number of unbranched alkanes of at least 4 members (excludes halogenated alkanes) is 1. The molecule has 0 aromatic rings. The third-order valence-corrected chi connectivity index (χ3v) is 7.37. The van der Waals surface area contributed by atoms with E-state index in [0.717, 1.165) is 24.2 Å². The van der Waals surface area contributed by atoms with E-state index in [2.05, 4.69) is 18.4 Å². The number of fused-ring (bicyclic) bond motifs is 1. The van der Waals surface area contributed by atoms with Crippen LogP contribution in [0.1, 0.15) is 52.4 Å². The number of nitrogens with zero attached hydrogens (tertiary/aromatic N) is 3. The number of rotatable bonds is 10. The molecular weight excluding hydrogens is 517 g/mol. The van der Waals surface area contributed by atoms with E-state index in [1.165, 1.54) is 12.2 Å². The van der Waals surface area contributed by atoms with Crippen LogP contribution in [0.3, 0.4) is 0 Å². The predicted octanol–water partition coefficient (Wildman–Crippen LogP) is -0.865. The zero-order chi connectivity index (χ0) is 26.6. The van der Waals surface area contributed by atoms with Crippen LogP contribution in [-0.4, -0.2) is 81.8 Å². The van der Waals surface area contributed by atoms with Crippen molar-refractivity contribution in [3.8, 4) is 0 Å². The van der Waals surface area contributed by atoms with Crippen LogP contribution >= 0.6 is 0 Å². The molecule has 1 aliphatic carbocycles. The van der Waals surface area contributed by atoms with Crippen LogP contribution in [-0.2, 0) is 29.3 Å². The van der Waals surface area contributed by atoms with Gasteiger partial charge in [0.25, 0.3) is 11.8 Å². The molecule has 2 heterocycles. The second kappa shape index (κ2) is 13.3. The Kier molecular flexibility index (Phi) is 11.2. The zero-order valence-corrected chi connectivity index (χ0v) is 24.2. The van der Waals surface area contributed by atoms with Crippen molar-refractivity contribution in [1.82, 2.24) is 14.7 Å². The van der Waals surface area contributed by atoms with Gasteiger partial charge >= 0.3 is 35.6 Å². The molecule has 0 radical (unpaired) electrons. The maximum absolute atomic E-state index is 13.0. The minimum absolute atomic E-state index is 0. The topological polar surface area (TPSA) is 157 Å². The van der Waals surface area contributed by atoms with Crippen LogP contribution in [0.15, 0.2) is 36.1 Å². The largest absolute Gasteiger partial charge is 1.00 e. The Labute approximate surface area is 238 Å². The number of hydrogen-bond acceptors (Lipinski definition) is 10. The van der Waals surface area contributed by atoms with Gasteiger partial charge in [-0.3, -0.25) is 14.5 Å². The predicted molar refractivity (Wildman–Crippen MR) is 125 cm³/mol. The molecule has 0 aromatic carbocycles. The van der Waals surface area contributed by atoms with Gasteiger partial charge in [-0.15, -0.1) is 0 Å². The van der Waals surface area contributed by atoms with Crippen LogP contribution in [0.25, 0.3) is 0 Å². The molecule has 3 atom stereocenters. The van der Waals surface area contributed by atoms with Crippen molar-refractivity contribution in [2.24, 2.45) is 5.92 Å². The van der Waals surface area contributed by atoms with Crippen molar-refractivity contribution in [2.75, 3.05) is 18.8 Å². The molecule has 0 bridgehead atoms. The molecule has 2 aliphatic heterocycles. The van der Waals surface area contributed by atoms with Crippen LogP contribution in [0.2, 0.25) is 0 Å². The Morgan fingerprint density at radius 1 is 1.19 bits per heavy atom. The summed E-state index contributed by atoms with van der Waals surface area (Å²) in [4.78, 5) is 46.0. The van der Waals surface area contributed by atoms with Crippen LogP contribution in [0.4, 0.5) is 4.79 Å². The fourth-order valence-corrected chi connectivity index (χ4v) is 5.20. The standard InChI is InChI=1S/C23H33N3O9S.Na/c1-4-5-11-25-21(27)17(22(28)26(23(25)29)16(3)35-30)8-10-20-24(12-6-13-36(31,32)33)18-14-15(2)7-9-19(18)34-20;/h8,10,15,18-19,30H,3-7,9,11-14H2,1-2H3,(H,31,32,33);/q;+1/p-1. The summed E-state index contributed by atoms with van der Waals surface area (Å²) in [6.07, 6.45) is 6.37. The van der Waals surface area contributed by atoms with Gasteiger partial charge in [0.05, 0.1) is 16.2 Å². The van der Waals surface area contributed by atoms with Crippen LogP contribution in [0, 0.1) is 5.92 Å². The Morgan fingerprint density at radius 2 is 1.89 bits per heavy atom. The molecule has 0 spiro atoms. The number of carbonyl (C=O) groups is 3. The Bertz CT molecular complexity index is 1080.